The minimum Gasteiger partial charge on any atom is -0.481 e. The molecule has 0 saturated heterocycles. The molecule has 2 rings (SSSR count). The lowest BCUT2D eigenvalue weighted by Gasteiger charge is -2.22. The molecule has 1 aromatic carbocycles. The van der Waals surface area contributed by atoms with Gasteiger partial charge in [-0.1, -0.05) is 26.0 Å². The van der Waals surface area contributed by atoms with Gasteiger partial charge in [0.05, 0.1) is 5.92 Å². The molecule has 114 valence electrons. The van der Waals surface area contributed by atoms with Crippen LogP contribution in [-0.4, -0.2) is 24.0 Å². The zero-order chi connectivity index (χ0) is 15.6. The number of amides is 1. The van der Waals surface area contributed by atoms with Gasteiger partial charge in [0, 0.05) is 18.7 Å². The standard InChI is InChI=1S/C17H23NO3/c1-11(2)12-5-4-6-15(10-12)18(3)16(19)13-7-8-14(9-13)17(20)21/h4-6,10-11,13-14H,7-9H2,1-3H3,(H,20,21)/t13-,14+/m1/s1. The molecule has 4 heteroatoms. The second kappa shape index (κ2) is 6.29. The van der Waals surface area contributed by atoms with Gasteiger partial charge < -0.3 is 10.0 Å². The van der Waals surface area contributed by atoms with Gasteiger partial charge in [-0.05, 0) is 42.9 Å². The quantitative estimate of drug-likeness (QED) is 0.925. The summed E-state index contributed by atoms with van der Waals surface area (Å²) in [5, 5.41) is 9.04. The van der Waals surface area contributed by atoms with Crippen molar-refractivity contribution in [2.24, 2.45) is 11.8 Å². The van der Waals surface area contributed by atoms with Crippen molar-refractivity contribution in [3.05, 3.63) is 29.8 Å². The van der Waals surface area contributed by atoms with Crippen LogP contribution in [0.15, 0.2) is 24.3 Å². The number of aliphatic carboxylic acids is 1. The number of benzene rings is 1. The number of carboxylic acids is 1. The van der Waals surface area contributed by atoms with Crippen LogP contribution < -0.4 is 4.90 Å². The van der Waals surface area contributed by atoms with Crippen LogP contribution in [0.4, 0.5) is 5.69 Å². The van der Waals surface area contributed by atoms with E-state index in [9.17, 15) is 9.59 Å². The first kappa shape index (κ1) is 15.5. The Balaban J connectivity index is 2.09. The molecule has 1 saturated carbocycles. The third-order valence-electron chi connectivity index (χ3n) is 4.39. The summed E-state index contributed by atoms with van der Waals surface area (Å²) in [4.78, 5) is 25.2. The van der Waals surface area contributed by atoms with Crippen molar-refractivity contribution in [3.8, 4) is 0 Å². The first-order valence-electron chi connectivity index (χ1n) is 7.50. The van der Waals surface area contributed by atoms with Crippen LogP contribution in [0.1, 0.15) is 44.6 Å². The zero-order valence-electron chi connectivity index (χ0n) is 12.9. The number of hydrogen-bond donors (Lipinski definition) is 1. The Labute approximate surface area is 125 Å². The van der Waals surface area contributed by atoms with E-state index in [1.807, 2.05) is 18.2 Å². The molecule has 1 fully saturated rings. The number of anilines is 1. The van der Waals surface area contributed by atoms with E-state index in [0.717, 1.165) is 5.69 Å². The first-order valence-corrected chi connectivity index (χ1v) is 7.50. The topological polar surface area (TPSA) is 57.6 Å². The van der Waals surface area contributed by atoms with Gasteiger partial charge in [0.15, 0.2) is 0 Å². The van der Waals surface area contributed by atoms with Crippen LogP contribution in [0.5, 0.6) is 0 Å². The lowest BCUT2D eigenvalue weighted by Crippen LogP contribution is -2.32. The SMILES string of the molecule is CC(C)c1cccc(N(C)C(=O)[C@@H]2CC[C@H](C(=O)O)C2)c1. The van der Waals surface area contributed by atoms with Crippen LogP contribution in [-0.2, 0) is 9.59 Å². The van der Waals surface area contributed by atoms with Gasteiger partial charge in [-0.15, -0.1) is 0 Å². The Morgan fingerprint density at radius 2 is 1.90 bits per heavy atom. The van der Waals surface area contributed by atoms with Crippen molar-refractivity contribution in [2.75, 3.05) is 11.9 Å². The molecule has 4 nitrogen and oxygen atoms in total. The molecule has 0 aliphatic heterocycles. The maximum atomic E-state index is 12.5. The Hall–Kier alpha value is -1.84. The summed E-state index contributed by atoms with van der Waals surface area (Å²) in [5.74, 6) is -0.876. The summed E-state index contributed by atoms with van der Waals surface area (Å²) < 4.78 is 0. The molecule has 2 atom stereocenters. The van der Waals surface area contributed by atoms with Gasteiger partial charge in [-0.2, -0.15) is 0 Å². The summed E-state index contributed by atoms with van der Waals surface area (Å²) in [5.41, 5.74) is 2.08. The first-order chi connectivity index (χ1) is 9.90. The van der Waals surface area contributed by atoms with Crippen LogP contribution in [0.25, 0.3) is 0 Å². The number of carbonyl (C=O) groups excluding carboxylic acids is 1. The average Bonchev–Trinajstić information content (AvgIpc) is 2.95. The highest BCUT2D eigenvalue weighted by Gasteiger charge is 2.35. The molecule has 0 radical (unpaired) electrons. The number of carbonyl (C=O) groups is 2. The van der Waals surface area contributed by atoms with Crippen molar-refractivity contribution in [1.29, 1.82) is 0 Å². The highest BCUT2D eigenvalue weighted by molar-refractivity contribution is 5.95. The van der Waals surface area contributed by atoms with Crippen molar-refractivity contribution < 1.29 is 14.7 Å². The lowest BCUT2D eigenvalue weighted by atomic mass is 10.0. The summed E-state index contributed by atoms with van der Waals surface area (Å²) in [6, 6.07) is 7.98. The van der Waals surface area contributed by atoms with Gasteiger partial charge in [-0.3, -0.25) is 9.59 Å². The van der Waals surface area contributed by atoms with Gasteiger partial charge >= 0.3 is 5.97 Å². The maximum Gasteiger partial charge on any atom is 0.306 e. The molecule has 1 aromatic rings. The predicted octanol–water partition coefficient (Wildman–Crippen LogP) is 3.27. The highest BCUT2D eigenvalue weighted by Crippen LogP contribution is 2.33. The summed E-state index contributed by atoms with van der Waals surface area (Å²) in [7, 11) is 1.77. The maximum absolute atomic E-state index is 12.5. The molecule has 1 N–H and O–H groups in total. The molecule has 0 spiro atoms. The summed E-state index contributed by atoms with van der Waals surface area (Å²) >= 11 is 0. The lowest BCUT2D eigenvalue weighted by molar-refractivity contribution is -0.141. The fourth-order valence-corrected chi connectivity index (χ4v) is 2.92. The smallest absolute Gasteiger partial charge is 0.306 e. The third-order valence-corrected chi connectivity index (χ3v) is 4.39. The molecule has 0 unspecified atom stereocenters. The Morgan fingerprint density at radius 3 is 2.48 bits per heavy atom. The van der Waals surface area contributed by atoms with Crippen LogP contribution in [0.2, 0.25) is 0 Å². The second-order valence-electron chi connectivity index (χ2n) is 6.19. The minimum absolute atomic E-state index is 0.0275. The average molecular weight is 289 g/mol. The molecular formula is C17H23NO3. The molecule has 21 heavy (non-hydrogen) atoms. The molecule has 0 bridgehead atoms. The van der Waals surface area contributed by atoms with Crippen molar-refractivity contribution in [2.45, 2.75) is 39.0 Å². The van der Waals surface area contributed by atoms with Gasteiger partial charge in [0.1, 0.15) is 0 Å². The van der Waals surface area contributed by atoms with E-state index in [4.69, 9.17) is 5.11 Å². The fraction of sp³-hybridized carbons (Fsp3) is 0.529. The second-order valence-corrected chi connectivity index (χ2v) is 6.19. The molecule has 1 amide bonds. The molecule has 0 aromatic heterocycles. The molecule has 0 heterocycles. The molecule has 1 aliphatic carbocycles. The van der Waals surface area contributed by atoms with Gasteiger partial charge in [0.25, 0.3) is 0 Å². The Kier molecular flexibility index (Phi) is 4.66. The number of hydrogen-bond acceptors (Lipinski definition) is 2. The van der Waals surface area contributed by atoms with E-state index in [-0.39, 0.29) is 17.7 Å². The van der Waals surface area contributed by atoms with Crippen molar-refractivity contribution in [1.82, 2.24) is 0 Å². The van der Waals surface area contributed by atoms with E-state index in [0.29, 0.717) is 25.2 Å². The van der Waals surface area contributed by atoms with Crippen molar-refractivity contribution in [3.63, 3.8) is 0 Å². The van der Waals surface area contributed by atoms with E-state index in [2.05, 4.69) is 19.9 Å². The highest BCUT2D eigenvalue weighted by atomic mass is 16.4. The van der Waals surface area contributed by atoms with Gasteiger partial charge in [-0.25, -0.2) is 0 Å². The number of nitrogens with zero attached hydrogens (tertiary/aromatic N) is 1. The fourth-order valence-electron chi connectivity index (χ4n) is 2.92. The van der Waals surface area contributed by atoms with E-state index < -0.39 is 5.97 Å². The Morgan fingerprint density at radius 1 is 1.24 bits per heavy atom. The van der Waals surface area contributed by atoms with Gasteiger partial charge in [0.2, 0.25) is 5.91 Å². The zero-order valence-corrected chi connectivity index (χ0v) is 12.9. The summed E-state index contributed by atoms with van der Waals surface area (Å²) in [6.07, 6.45) is 1.73. The van der Waals surface area contributed by atoms with Crippen molar-refractivity contribution >= 4 is 17.6 Å². The number of carboxylic acid groups (broad SMARTS) is 1. The van der Waals surface area contributed by atoms with Crippen LogP contribution in [0.3, 0.4) is 0 Å². The monoisotopic (exact) mass is 289 g/mol. The minimum atomic E-state index is -0.783. The summed E-state index contributed by atoms with van der Waals surface area (Å²) in [6.45, 7) is 4.24. The van der Waals surface area contributed by atoms with Crippen LogP contribution >= 0.6 is 0 Å². The molecule has 1 aliphatic rings. The molecular weight excluding hydrogens is 266 g/mol. The van der Waals surface area contributed by atoms with E-state index >= 15 is 0 Å². The normalized spacial score (nSPS) is 21.5. The predicted molar refractivity (Wildman–Crippen MR) is 82.4 cm³/mol. The van der Waals surface area contributed by atoms with Crippen LogP contribution in [0, 0.1) is 11.8 Å². The van der Waals surface area contributed by atoms with E-state index in [1.165, 1.54) is 5.56 Å². The largest absolute Gasteiger partial charge is 0.481 e. The third kappa shape index (κ3) is 3.43. The number of rotatable bonds is 4. The van der Waals surface area contributed by atoms with E-state index in [1.54, 1.807) is 11.9 Å². The Bertz CT molecular complexity index is 539.